The van der Waals surface area contributed by atoms with Crippen molar-refractivity contribution < 1.29 is 46.6 Å². The summed E-state index contributed by atoms with van der Waals surface area (Å²) < 4.78 is 67.8. The molecule has 3 aromatic carbocycles. The van der Waals surface area contributed by atoms with E-state index in [0.717, 1.165) is 126 Å². The largest absolute Gasteiger partial charge is 0.489 e. The predicted molar refractivity (Wildman–Crippen MR) is 336 cm³/mol. The number of amides is 1. The highest BCUT2D eigenvalue weighted by Gasteiger charge is 2.51. The second kappa shape index (κ2) is 23.2. The molecular weight excluding hydrogens is 1150 g/mol. The van der Waals surface area contributed by atoms with Crippen molar-refractivity contribution in [2.24, 2.45) is 11.3 Å². The lowest BCUT2D eigenvalue weighted by Crippen LogP contribution is -2.60. The molecule has 0 unspecified atom stereocenters. The van der Waals surface area contributed by atoms with Crippen LogP contribution in [0.25, 0.3) is 11.0 Å². The molecule has 3 aromatic heterocycles. The first-order valence-corrected chi connectivity index (χ1v) is 33.4. The second-order valence-corrected chi connectivity index (χ2v) is 28.4. The molecule has 9 aliphatic rings. The number of aromatic nitrogens is 3. The van der Waals surface area contributed by atoms with Crippen molar-refractivity contribution in [1.82, 2.24) is 29.5 Å². The molecule has 0 radical (unpaired) electrons. The standard InChI is InChI=1S/C66H79N11O11S/c1-41-6-4-5-7-48(41)55-38-72(37-44-36-68-62(74-22-28-84-29-23-74)60-58(44)65(2,3)16-27-86-60)20-21-75(55)46-34-66(35-46)14-18-73(19-15-66)45-8-9-49(52(31-45)76-51-13-26-85-40-57(51)88-64-54(76)30-43-10-17-67-61(43)70-64)63(78)71-89(81,82)47-32-53(77(79)80)59-56(33-47)87-39-50(69-59)42-11-24-83-25-12-42/h4-10,17,30-33,36,42,46,50-51,55,57,69H,11-16,18-29,34-35,37-40H2,1-3H3,(H,67,70)(H,71,78)/t50-,51-,55-,57-/m0/s1. The minimum absolute atomic E-state index is 0.0269. The molecule has 1 spiro atoms. The van der Waals surface area contributed by atoms with E-state index in [9.17, 15) is 18.5 Å². The Morgan fingerprint density at radius 2 is 1.64 bits per heavy atom. The average molecular weight is 1230 g/mol. The van der Waals surface area contributed by atoms with Crippen molar-refractivity contribution in [3.8, 4) is 17.4 Å². The third kappa shape index (κ3) is 10.8. The van der Waals surface area contributed by atoms with Crippen molar-refractivity contribution in [3.05, 3.63) is 117 Å². The summed E-state index contributed by atoms with van der Waals surface area (Å²) >= 11 is 0. The summed E-state index contributed by atoms with van der Waals surface area (Å²) in [6.45, 7) is 18.0. The number of nitrogens with zero attached hydrogens (tertiary/aromatic N) is 8. The molecule has 1 saturated carbocycles. The Balaban J connectivity index is 0.685. The molecule has 23 heteroatoms. The Bertz CT molecular complexity index is 3820. The van der Waals surface area contributed by atoms with Crippen molar-refractivity contribution in [1.29, 1.82) is 0 Å². The van der Waals surface area contributed by atoms with Crippen LogP contribution in [0.4, 0.5) is 34.3 Å². The summed E-state index contributed by atoms with van der Waals surface area (Å²) in [5.41, 5.74) is 7.82. The van der Waals surface area contributed by atoms with E-state index in [2.05, 4.69) is 90.8 Å². The van der Waals surface area contributed by atoms with Crippen LogP contribution in [0.2, 0.25) is 0 Å². The summed E-state index contributed by atoms with van der Waals surface area (Å²) in [4.78, 5) is 52.0. The number of piperidine rings is 1. The first-order valence-electron chi connectivity index (χ1n) is 31.9. The number of H-pyrrole nitrogens is 1. The Morgan fingerprint density at radius 3 is 2.45 bits per heavy atom. The van der Waals surface area contributed by atoms with Crippen LogP contribution in [0.3, 0.4) is 0 Å². The number of piperazine rings is 1. The van der Waals surface area contributed by atoms with E-state index >= 15 is 4.79 Å². The lowest BCUT2D eigenvalue weighted by atomic mass is 9.59. The highest BCUT2D eigenvalue weighted by Crippen LogP contribution is 2.55. The van der Waals surface area contributed by atoms with Gasteiger partial charge in [0, 0.05) is 125 Å². The van der Waals surface area contributed by atoms with Gasteiger partial charge >= 0.3 is 0 Å². The molecule has 15 rings (SSSR count). The van der Waals surface area contributed by atoms with Gasteiger partial charge in [0.25, 0.3) is 21.6 Å². The number of nitro groups is 1. The van der Waals surface area contributed by atoms with Gasteiger partial charge in [-0.3, -0.25) is 24.7 Å². The number of sulfonamides is 1. The zero-order chi connectivity index (χ0) is 60.8. The number of morpholine rings is 1. The number of rotatable bonds is 12. The molecular formula is C66H79N11O11S. The number of hydrogen-bond donors (Lipinski definition) is 3. The summed E-state index contributed by atoms with van der Waals surface area (Å²) in [5.74, 6) is 1.56. The number of benzene rings is 3. The fourth-order valence-electron chi connectivity index (χ4n) is 16.0. The van der Waals surface area contributed by atoms with Crippen LogP contribution in [0.15, 0.2) is 84.0 Å². The van der Waals surface area contributed by atoms with Crippen LogP contribution >= 0.6 is 0 Å². The van der Waals surface area contributed by atoms with E-state index in [4.69, 9.17) is 38.4 Å². The molecule has 6 aromatic rings. The number of pyridine rings is 2. The molecule has 1 aliphatic carbocycles. The van der Waals surface area contributed by atoms with Gasteiger partial charge in [0.1, 0.15) is 24.0 Å². The van der Waals surface area contributed by atoms with Gasteiger partial charge in [-0.05, 0) is 122 Å². The van der Waals surface area contributed by atoms with Crippen LogP contribution in [-0.2, 0) is 36.2 Å². The van der Waals surface area contributed by atoms with Gasteiger partial charge in [-0.1, -0.05) is 38.1 Å². The van der Waals surface area contributed by atoms with Crippen LogP contribution in [0.5, 0.6) is 17.4 Å². The zero-order valence-electron chi connectivity index (χ0n) is 50.9. The van der Waals surface area contributed by atoms with Gasteiger partial charge in [-0.15, -0.1) is 0 Å². The van der Waals surface area contributed by atoms with E-state index in [-0.39, 0.29) is 58.5 Å². The Hall–Kier alpha value is -7.28. The molecule has 22 nitrogen and oxygen atoms in total. The summed E-state index contributed by atoms with van der Waals surface area (Å²) in [5, 5.41) is 16.8. The minimum Gasteiger partial charge on any atom is -0.489 e. The van der Waals surface area contributed by atoms with Crippen molar-refractivity contribution in [3.63, 3.8) is 0 Å². The van der Waals surface area contributed by atoms with Crippen molar-refractivity contribution in [2.75, 3.05) is 119 Å². The lowest BCUT2D eigenvalue weighted by molar-refractivity contribution is -0.384. The normalized spacial score (nSPS) is 24.6. The molecule has 11 heterocycles. The van der Waals surface area contributed by atoms with Crippen molar-refractivity contribution >= 4 is 61.2 Å². The summed E-state index contributed by atoms with van der Waals surface area (Å²) in [7, 11) is -4.72. The first kappa shape index (κ1) is 58.1. The number of aromatic amines is 1. The highest BCUT2D eigenvalue weighted by atomic mass is 32.2. The van der Waals surface area contributed by atoms with Gasteiger partial charge < -0.3 is 53.4 Å². The molecule has 6 fully saturated rings. The third-order valence-corrected chi connectivity index (χ3v) is 22.3. The summed E-state index contributed by atoms with van der Waals surface area (Å²) in [6.07, 6.45) is 10.8. The predicted octanol–water partition coefficient (Wildman–Crippen LogP) is 8.79. The maximum atomic E-state index is 15.0. The number of aryl methyl sites for hydroxylation is 1. The number of nitro benzene ring substituents is 1. The van der Waals surface area contributed by atoms with E-state index in [1.54, 1.807) is 6.07 Å². The fraction of sp³-hybridized carbons (Fsp3) is 0.530. The van der Waals surface area contributed by atoms with E-state index in [1.165, 1.54) is 28.3 Å². The third-order valence-electron chi connectivity index (χ3n) is 21.0. The van der Waals surface area contributed by atoms with Gasteiger partial charge in [-0.25, -0.2) is 18.1 Å². The number of anilines is 5. The lowest BCUT2D eigenvalue weighted by Gasteiger charge is -2.58. The minimum atomic E-state index is -4.72. The summed E-state index contributed by atoms with van der Waals surface area (Å²) in [6, 6.07) is 20.9. The molecule has 4 atom stereocenters. The highest BCUT2D eigenvalue weighted by molar-refractivity contribution is 7.90. The topological polar surface area (TPSA) is 232 Å². The number of ether oxygens (including phenoxy) is 6. The number of carbonyl (C=O) groups excluding carboxylic acids is 1. The molecule has 8 aliphatic heterocycles. The van der Waals surface area contributed by atoms with Gasteiger partial charge in [-0.2, -0.15) is 4.98 Å². The average Bonchev–Trinajstić information content (AvgIpc) is 1.39. The Morgan fingerprint density at radius 1 is 0.843 bits per heavy atom. The van der Waals surface area contributed by atoms with E-state index < -0.39 is 37.5 Å². The molecule has 1 amide bonds. The number of hydrogen-bond acceptors (Lipinski definition) is 19. The van der Waals surface area contributed by atoms with Crippen LogP contribution < -0.4 is 38.9 Å². The van der Waals surface area contributed by atoms with E-state index in [1.807, 2.05) is 30.5 Å². The number of carbonyl (C=O) groups is 1. The second-order valence-electron chi connectivity index (χ2n) is 26.7. The van der Waals surface area contributed by atoms with Crippen LogP contribution in [0, 0.1) is 28.4 Å². The van der Waals surface area contributed by atoms with Gasteiger partial charge in [0.15, 0.2) is 23.0 Å². The Labute approximate surface area is 518 Å². The molecule has 89 heavy (non-hydrogen) atoms. The smallest absolute Gasteiger partial charge is 0.297 e. The fourth-order valence-corrected chi connectivity index (χ4v) is 17.0. The zero-order valence-corrected chi connectivity index (χ0v) is 51.7. The molecule has 0 bridgehead atoms. The monoisotopic (exact) mass is 1230 g/mol. The molecule has 470 valence electrons. The molecule has 5 saturated heterocycles. The van der Waals surface area contributed by atoms with Gasteiger partial charge in [0.05, 0.1) is 59.6 Å². The number of nitrogens with one attached hydrogen (secondary N) is 3. The SMILES string of the molecule is Cc1ccccc1[C@@H]1CN(Cc2cnc(N3CCOCC3)c3c2C(C)(C)CCO3)CCN1C1CC2(CCN(c3ccc(C(=O)NS(=O)(=O)c4cc5c(c([N+](=O)[O-])c4)N[C@H](C4CCOCC4)CO5)c(N4c5cc6cc[nH]c6nc5O[C@H]5COCC[C@@H]54)c3)CC2)C1. The number of fused-ring (bicyclic) bond motifs is 5. The van der Waals surface area contributed by atoms with Gasteiger partial charge in [0.2, 0.25) is 5.88 Å². The first-order chi connectivity index (χ1) is 43.2. The van der Waals surface area contributed by atoms with Crippen molar-refractivity contribution in [2.45, 2.75) is 119 Å². The molecule has 3 N–H and O–H groups in total. The van der Waals surface area contributed by atoms with E-state index in [0.29, 0.717) is 81.6 Å². The maximum Gasteiger partial charge on any atom is 0.297 e. The maximum absolute atomic E-state index is 15.0. The Kier molecular flexibility index (Phi) is 15.1. The quantitative estimate of drug-likeness (QED) is 0.0767. The van der Waals surface area contributed by atoms with Crippen LogP contribution in [-0.4, -0.2) is 167 Å². The van der Waals surface area contributed by atoms with Crippen LogP contribution in [0.1, 0.15) is 104 Å².